The zero-order valence-corrected chi connectivity index (χ0v) is 30.3. The molecule has 0 amide bonds. The van der Waals surface area contributed by atoms with Crippen molar-refractivity contribution >= 4 is 39.1 Å². The van der Waals surface area contributed by atoms with Crippen LogP contribution in [0, 0.1) is 0 Å². The molecule has 1 aromatic heterocycles. The van der Waals surface area contributed by atoms with E-state index in [2.05, 4.69) is 198 Å². The molecule has 7 aromatic carbocycles. The topological polar surface area (TPSA) is 41.7 Å². The van der Waals surface area contributed by atoms with Crippen molar-refractivity contribution in [3.05, 3.63) is 216 Å². The molecule has 1 N–H and O–H groups in total. The van der Waals surface area contributed by atoms with Crippen molar-refractivity contribution in [1.29, 1.82) is 0 Å². The van der Waals surface area contributed by atoms with Gasteiger partial charge in [-0.2, -0.15) is 0 Å². The number of aliphatic imine (C=N–C) groups is 2. The molecule has 0 spiro atoms. The van der Waals surface area contributed by atoms with E-state index >= 15 is 0 Å². The highest BCUT2D eigenvalue weighted by molar-refractivity contribution is 6.14. The standard InChI is InChI=1S/C51H38N4/c1-5-13-35(14-6-1)37-21-23-39(24-22-37)42-30-32-47-46(33-42)45-31-29-43(34-48(45)55(47)44-19-11-4-12-20-44)51-53-49(40-17-9-3-10-18-40)52-50(54-51)41-27-25-38(26-28-41)36-15-7-2-8-16-36/h1-25,27,29-34,51H,26,28H2,(H,52,53,54). The van der Waals surface area contributed by atoms with Crippen molar-refractivity contribution in [2.24, 2.45) is 9.98 Å². The lowest BCUT2D eigenvalue weighted by molar-refractivity contribution is 0.673. The molecule has 0 saturated carbocycles. The zero-order chi connectivity index (χ0) is 36.6. The molecule has 1 aliphatic carbocycles. The second-order valence-corrected chi connectivity index (χ2v) is 14.2. The Morgan fingerprint density at radius 1 is 0.455 bits per heavy atom. The van der Waals surface area contributed by atoms with Crippen LogP contribution in [0.15, 0.2) is 210 Å². The fourth-order valence-electron chi connectivity index (χ4n) is 7.95. The molecule has 1 unspecified atom stereocenters. The van der Waals surface area contributed by atoms with Gasteiger partial charge in [0.1, 0.15) is 12.0 Å². The van der Waals surface area contributed by atoms with Gasteiger partial charge in [0.25, 0.3) is 0 Å². The fourth-order valence-corrected chi connectivity index (χ4v) is 7.95. The number of amidine groups is 2. The van der Waals surface area contributed by atoms with E-state index < -0.39 is 0 Å². The maximum absolute atomic E-state index is 5.31. The molecule has 0 bridgehead atoms. The first-order valence-electron chi connectivity index (χ1n) is 19.0. The highest BCUT2D eigenvalue weighted by Crippen LogP contribution is 2.38. The largest absolute Gasteiger partial charge is 0.344 e. The quantitative estimate of drug-likeness (QED) is 0.176. The number of rotatable bonds is 7. The van der Waals surface area contributed by atoms with E-state index in [0.717, 1.165) is 52.4 Å². The van der Waals surface area contributed by atoms with Gasteiger partial charge in [-0.3, -0.25) is 0 Å². The summed E-state index contributed by atoms with van der Waals surface area (Å²) in [6.45, 7) is 0. The van der Waals surface area contributed by atoms with Crippen molar-refractivity contribution in [2.45, 2.75) is 19.0 Å². The Morgan fingerprint density at radius 3 is 1.69 bits per heavy atom. The molecule has 8 aromatic rings. The van der Waals surface area contributed by atoms with Crippen LogP contribution in [0.4, 0.5) is 0 Å². The molecule has 262 valence electrons. The molecule has 0 saturated heterocycles. The van der Waals surface area contributed by atoms with Crippen LogP contribution in [0.3, 0.4) is 0 Å². The van der Waals surface area contributed by atoms with E-state index in [1.165, 1.54) is 49.7 Å². The summed E-state index contributed by atoms with van der Waals surface area (Å²) in [6, 6.07) is 64.8. The van der Waals surface area contributed by atoms with Crippen LogP contribution in [0.2, 0.25) is 0 Å². The maximum Gasteiger partial charge on any atom is 0.155 e. The lowest BCUT2D eigenvalue weighted by Gasteiger charge is -2.25. The summed E-state index contributed by atoms with van der Waals surface area (Å²) in [7, 11) is 0. The third-order valence-electron chi connectivity index (χ3n) is 10.8. The highest BCUT2D eigenvalue weighted by atomic mass is 15.2. The van der Waals surface area contributed by atoms with Crippen molar-refractivity contribution < 1.29 is 0 Å². The van der Waals surface area contributed by atoms with Gasteiger partial charge in [-0.25, -0.2) is 9.98 Å². The van der Waals surface area contributed by atoms with Gasteiger partial charge in [0.05, 0.1) is 11.0 Å². The Balaban J connectivity index is 1.07. The number of fused-ring (bicyclic) bond motifs is 3. The summed E-state index contributed by atoms with van der Waals surface area (Å²) in [5, 5.41) is 6.13. The molecular weight excluding hydrogens is 669 g/mol. The summed E-state index contributed by atoms with van der Waals surface area (Å²) >= 11 is 0. The van der Waals surface area contributed by atoms with E-state index in [9.17, 15) is 0 Å². The number of nitrogens with zero attached hydrogens (tertiary/aromatic N) is 3. The van der Waals surface area contributed by atoms with Crippen LogP contribution < -0.4 is 5.32 Å². The van der Waals surface area contributed by atoms with Crippen LogP contribution in [0.1, 0.15) is 35.7 Å². The van der Waals surface area contributed by atoms with Crippen molar-refractivity contribution in [2.75, 3.05) is 0 Å². The normalized spacial score (nSPS) is 15.5. The molecular formula is C51H38N4. The summed E-state index contributed by atoms with van der Waals surface area (Å²) in [5.74, 6) is 1.62. The van der Waals surface area contributed by atoms with E-state index in [0.29, 0.717) is 0 Å². The lowest BCUT2D eigenvalue weighted by Crippen LogP contribution is -2.33. The van der Waals surface area contributed by atoms with E-state index in [1.54, 1.807) is 0 Å². The summed E-state index contributed by atoms with van der Waals surface area (Å²) in [6.07, 6.45) is 5.97. The molecule has 1 atom stereocenters. The Kier molecular flexibility index (Phi) is 8.34. The van der Waals surface area contributed by atoms with Crippen LogP contribution in [0.25, 0.3) is 55.3 Å². The van der Waals surface area contributed by atoms with Crippen molar-refractivity contribution in [3.8, 4) is 27.9 Å². The molecule has 2 aliphatic rings. The van der Waals surface area contributed by atoms with Gasteiger partial charge in [-0.05, 0) is 87.7 Å². The molecule has 10 rings (SSSR count). The number of allylic oxidation sites excluding steroid dienone is 3. The monoisotopic (exact) mass is 706 g/mol. The van der Waals surface area contributed by atoms with Gasteiger partial charge in [0.2, 0.25) is 0 Å². The number of hydrogen-bond acceptors (Lipinski definition) is 3. The molecule has 0 fully saturated rings. The average molecular weight is 707 g/mol. The van der Waals surface area contributed by atoms with Crippen molar-refractivity contribution in [1.82, 2.24) is 9.88 Å². The minimum atomic E-state index is -0.312. The van der Waals surface area contributed by atoms with Gasteiger partial charge < -0.3 is 9.88 Å². The van der Waals surface area contributed by atoms with E-state index in [-0.39, 0.29) is 6.17 Å². The maximum atomic E-state index is 5.31. The molecule has 55 heavy (non-hydrogen) atoms. The Morgan fingerprint density at radius 2 is 1.02 bits per heavy atom. The Bertz CT molecular complexity index is 2790. The highest BCUT2D eigenvalue weighted by Gasteiger charge is 2.24. The number of para-hydroxylation sites is 1. The lowest BCUT2D eigenvalue weighted by atomic mass is 9.92. The summed E-state index contributed by atoms with van der Waals surface area (Å²) in [4.78, 5) is 10.4. The molecule has 4 heteroatoms. The third-order valence-corrected chi connectivity index (χ3v) is 10.8. The van der Waals surface area contributed by atoms with Gasteiger partial charge in [-0.15, -0.1) is 0 Å². The number of hydrogen-bond donors (Lipinski definition) is 1. The van der Waals surface area contributed by atoms with Crippen molar-refractivity contribution in [3.63, 3.8) is 0 Å². The second kappa shape index (κ2) is 14.1. The first-order chi connectivity index (χ1) is 27.2. The third kappa shape index (κ3) is 6.28. The van der Waals surface area contributed by atoms with Gasteiger partial charge in [0.15, 0.2) is 5.84 Å². The SMILES string of the molecule is C1=C(C2=NC(c3ccc4c5cc(-c6ccc(-c7ccccc7)cc6)ccc5n(-c5ccccc5)c4c3)NC(c3ccccc3)=N2)CCC(c2ccccc2)=C1. The first kappa shape index (κ1) is 32.6. The van der Waals surface area contributed by atoms with Gasteiger partial charge >= 0.3 is 0 Å². The van der Waals surface area contributed by atoms with E-state index in [1.807, 2.05) is 6.07 Å². The summed E-state index contributed by atoms with van der Waals surface area (Å²) < 4.78 is 2.38. The molecule has 4 nitrogen and oxygen atoms in total. The van der Waals surface area contributed by atoms with Crippen LogP contribution >= 0.6 is 0 Å². The fraction of sp³-hybridized carbons (Fsp3) is 0.0588. The second-order valence-electron chi connectivity index (χ2n) is 14.2. The van der Waals surface area contributed by atoms with Crippen LogP contribution in [-0.4, -0.2) is 16.2 Å². The Hall–Kier alpha value is -7.04. The smallest absolute Gasteiger partial charge is 0.155 e. The average Bonchev–Trinajstić information content (AvgIpc) is 3.60. The van der Waals surface area contributed by atoms with Gasteiger partial charge in [0, 0.05) is 22.0 Å². The molecule has 0 radical (unpaired) electrons. The van der Waals surface area contributed by atoms with Crippen LogP contribution in [-0.2, 0) is 0 Å². The minimum absolute atomic E-state index is 0.312. The first-order valence-corrected chi connectivity index (χ1v) is 19.0. The number of benzene rings is 7. The molecule has 2 heterocycles. The number of aromatic nitrogens is 1. The zero-order valence-electron chi connectivity index (χ0n) is 30.3. The number of nitrogens with one attached hydrogen (secondary N) is 1. The predicted molar refractivity (Wildman–Crippen MR) is 230 cm³/mol. The van der Waals surface area contributed by atoms with Gasteiger partial charge in [-0.1, -0.05) is 164 Å². The molecule has 1 aliphatic heterocycles. The Labute approximate surface area is 321 Å². The van der Waals surface area contributed by atoms with Crippen LogP contribution in [0.5, 0.6) is 0 Å². The summed E-state index contributed by atoms with van der Waals surface area (Å²) in [5.41, 5.74) is 14.2. The minimum Gasteiger partial charge on any atom is -0.344 e. The van der Waals surface area contributed by atoms with E-state index in [4.69, 9.17) is 9.98 Å². The predicted octanol–water partition coefficient (Wildman–Crippen LogP) is 12.4.